The molecule has 2 N–H and O–H groups in total. The third kappa shape index (κ3) is 4.76. The van der Waals surface area contributed by atoms with Crippen molar-refractivity contribution in [3.8, 4) is 11.8 Å². The predicted octanol–water partition coefficient (Wildman–Crippen LogP) is 5.46. The van der Waals surface area contributed by atoms with E-state index in [4.69, 9.17) is 21.3 Å². The van der Waals surface area contributed by atoms with Crippen molar-refractivity contribution in [1.82, 2.24) is 25.2 Å². The zero-order valence-electron chi connectivity index (χ0n) is 20.3. The lowest BCUT2D eigenvalue weighted by atomic mass is 10.1. The number of anilines is 1. The van der Waals surface area contributed by atoms with Crippen molar-refractivity contribution in [3.05, 3.63) is 46.2 Å². The number of amides is 1. The van der Waals surface area contributed by atoms with Crippen LogP contribution in [0.3, 0.4) is 0 Å². The maximum absolute atomic E-state index is 12.7. The SMILES string of the molecule is C[C@H]1CNc2c(sc3ccc4nc(Oc5cc(CN(C)C(C)(C)C)nc(Cl)n5)ccc4c23)C(=O)N1. The molecule has 0 radical (unpaired) electrons. The highest BCUT2D eigenvalue weighted by atomic mass is 35.5. The van der Waals surface area contributed by atoms with Crippen LogP contribution in [0.1, 0.15) is 43.1 Å². The van der Waals surface area contributed by atoms with E-state index < -0.39 is 0 Å². The zero-order valence-corrected chi connectivity index (χ0v) is 21.8. The van der Waals surface area contributed by atoms with Crippen molar-refractivity contribution in [3.63, 3.8) is 0 Å². The second kappa shape index (κ2) is 8.89. The van der Waals surface area contributed by atoms with Gasteiger partial charge in [0.05, 0.1) is 16.9 Å². The van der Waals surface area contributed by atoms with Crippen molar-refractivity contribution < 1.29 is 9.53 Å². The molecule has 0 unspecified atom stereocenters. The van der Waals surface area contributed by atoms with Crippen LogP contribution in [0.25, 0.3) is 21.0 Å². The Morgan fingerprint density at radius 3 is 2.74 bits per heavy atom. The summed E-state index contributed by atoms with van der Waals surface area (Å²) in [5.41, 5.74) is 2.38. The molecule has 1 aromatic carbocycles. The fraction of sp³-hybridized carbons (Fsp3) is 0.360. The molecule has 4 heterocycles. The van der Waals surface area contributed by atoms with Gasteiger partial charge in [-0.3, -0.25) is 9.69 Å². The molecule has 0 saturated heterocycles. The number of ether oxygens (including phenoxy) is 1. The molecule has 0 fully saturated rings. The number of halogens is 1. The van der Waals surface area contributed by atoms with E-state index in [-0.39, 0.29) is 22.8 Å². The molecule has 1 atom stereocenters. The van der Waals surface area contributed by atoms with Gasteiger partial charge in [-0.25, -0.2) is 9.97 Å². The van der Waals surface area contributed by atoms with Crippen molar-refractivity contribution in [2.75, 3.05) is 18.9 Å². The monoisotopic (exact) mass is 510 g/mol. The smallest absolute Gasteiger partial charge is 0.263 e. The van der Waals surface area contributed by atoms with Crippen LogP contribution >= 0.6 is 22.9 Å². The predicted molar refractivity (Wildman–Crippen MR) is 141 cm³/mol. The van der Waals surface area contributed by atoms with Gasteiger partial charge in [0.2, 0.25) is 17.0 Å². The summed E-state index contributed by atoms with van der Waals surface area (Å²) in [6.45, 7) is 9.66. The van der Waals surface area contributed by atoms with E-state index in [2.05, 4.69) is 46.3 Å². The first-order chi connectivity index (χ1) is 16.6. The summed E-state index contributed by atoms with van der Waals surface area (Å²) in [4.78, 5) is 28.8. The van der Waals surface area contributed by atoms with E-state index in [1.165, 1.54) is 11.3 Å². The van der Waals surface area contributed by atoms with Crippen LogP contribution in [0.5, 0.6) is 11.8 Å². The van der Waals surface area contributed by atoms with Crippen molar-refractivity contribution in [1.29, 1.82) is 0 Å². The number of hydrogen-bond donors (Lipinski definition) is 2. The average Bonchev–Trinajstić information content (AvgIpc) is 3.09. The molecular weight excluding hydrogens is 484 g/mol. The van der Waals surface area contributed by atoms with Crippen LogP contribution in [0.15, 0.2) is 30.3 Å². The van der Waals surface area contributed by atoms with Crippen molar-refractivity contribution >= 4 is 55.5 Å². The number of nitrogens with zero attached hydrogens (tertiary/aromatic N) is 4. The molecule has 35 heavy (non-hydrogen) atoms. The number of pyridine rings is 1. The Labute approximate surface area is 212 Å². The fourth-order valence-electron chi connectivity index (χ4n) is 3.93. The number of carbonyl (C=O) groups excluding carboxylic acids is 1. The number of hydrogen-bond acceptors (Lipinski definition) is 8. The van der Waals surface area contributed by atoms with Gasteiger partial charge in [0.25, 0.3) is 5.91 Å². The number of rotatable bonds is 4. The lowest BCUT2D eigenvalue weighted by Gasteiger charge is -2.31. The standard InChI is InChI=1S/C25H27ClN6O2S/c1-13-11-27-21-20-15-6-9-18(30-16(15)7-8-17(20)35-22(21)23(33)28-13)34-19-10-14(29-24(26)31-19)12-32(5)25(2,3)4/h6-10,13,27H,11-12H2,1-5H3,(H,28,33)/t13-/m0/s1. The summed E-state index contributed by atoms with van der Waals surface area (Å²) >= 11 is 7.67. The minimum absolute atomic E-state index is 0.0167. The third-order valence-electron chi connectivity index (χ3n) is 6.15. The van der Waals surface area contributed by atoms with E-state index in [0.29, 0.717) is 29.7 Å². The van der Waals surface area contributed by atoms with Gasteiger partial charge in [0.15, 0.2) is 0 Å². The summed E-state index contributed by atoms with van der Waals surface area (Å²) in [6, 6.07) is 9.55. The number of nitrogens with one attached hydrogen (secondary N) is 2. The van der Waals surface area contributed by atoms with Gasteiger partial charge in [-0.15, -0.1) is 11.3 Å². The van der Waals surface area contributed by atoms with Crippen LogP contribution in [-0.4, -0.2) is 50.9 Å². The van der Waals surface area contributed by atoms with Crippen LogP contribution in [0.2, 0.25) is 5.28 Å². The number of fused-ring (bicyclic) bond motifs is 5. The molecule has 8 nitrogen and oxygen atoms in total. The first-order valence-electron chi connectivity index (χ1n) is 11.4. The van der Waals surface area contributed by atoms with Crippen LogP contribution < -0.4 is 15.4 Å². The van der Waals surface area contributed by atoms with Gasteiger partial charge in [0.1, 0.15) is 4.88 Å². The molecule has 182 valence electrons. The highest BCUT2D eigenvalue weighted by molar-refractivity contribution is 7.21. The summed E-state index contributed by atoms with van der Waals surface area (Å²) in [5, 5.41) is 8.55. The number of benzene rings is 1. The minimum atomic E-state index is -0.0479. The number of thiophene rings is 1. The molecule has 5 rings (SSSR count). The maximum atomic E-state index is 12.7. The van der Waals surface area contributed by atoms with Gasteiger partial charge in [-0.2, -0.15) is 4.98 Å². The fourth-order valence-corrected chi connectivity index (χ4v) is 5.22. The molecular formula is C25H27ClN6O2S. The Hall–Kier alpha value is -3.01. The van der Waals surface area contributed by atoms with Crippen molar-refractivity contribution in [2.24, 2.45) is 0 Å². The Morgan fingerprint density at radius 2 is 1.97 bits per heavy atom. The summed E-state index contributed by atoms with van der Waals surface area (Å²) in [6.07, 6.45) is 0. The lowest BCUT2D eigenvalue weighted by molar-refractivity contribution is 0.0949. The molecule has 3 aromatic heterocycles. The molecule has 0 saturated carbocycles. The van der Waals surface area contributed by atoms with E-state index in [9.17, 15) is 4.79 Å². The minimum Gasteiger partial charge on any atom is -0.421 e. The number of aromatic nitrogens is 3. The second-order valence-electron chi connectivity index (χ2n) is 9.81. The molecule has 0 spiro atoms. The second-order valence-corrected chi connectivity index (χ2v) is 11.2. The van der Waals surface area contributed by atoms with E-state index in [0.717, 1.165) is 32.4 Å². The van der Waals surface area contributed by atoms with Gasteiger partial charge in [0, 0.05) is 52.3 Å². The summed E-state index contributed by atoms with van der Waals surface area (Å²) in [7, 11) is 2.03. The van der Waals surface area contributed by atoms with Crippen LogP contribution in [0.4, 0.5) is 5.69 Å². The number of carbonyl (C=O) groups is 1. The molecule has 1 amide bonds. The quantitative estimate of drug-likeness (QED) is 0.352. The van der Waals surface area contributed by atoms with Gasteiger partial charge in [-0.05, 0) is 64.5 Å². The molecule has 1 aliphatic rings. The Morgan fingerprint density at radius 1 is 1.17 bits per heavy atom. The normalized spacial score (nSPS) is 16.2. The van der Waals surface area contributed by atoms with E-state index >= 15 is 0 Å². The largest absolute Gasteiger partial charge is 0.421 e. The van der Waals surface area contributed by atoms with Gasteiger partial charge in [-0.1, -0.05) is 0 Å². The maximum Gasteiger partial charge on any atom is 0.263 e. The topological polar surface area (TPSA) is 92.3 Å². The average molecular weight is 511 g/mol. The lowest BCUT2D eigenvalue weighted by Crippen LogP contribution is -2.37. The third-order valence-corrected chi connectivity index (χ3v) is 7.47. The summed E-state index contributed by atoms with van der Waals surface area (Å²) < 4.78 is 7.02. The van der Waals surface area contributed by atoms with Gasteiger partial charge < -0.3 is 15.4 Å². The molecule has 10 heteroatoms. The molecule has 1 aliphatic heterocycles. The van der Waals surface area contributed by atoms with Gasteiger partial charge >= 0.3 is 0 Å². The first-order valence-corrected chi connectivity index (χ1v) is 12.6. The zero-order chi connectivity index (χ0) is 24.9. The Balaban J connectivity index is 1.48. The molecule has 0 aliphatic carbocycles. The van der Waals surface area contributed by atoms with Crippen molar-refractivity contribution in [2.45, 2.75) is 45.8 Å². The Bertz CT molecular complexity index is 1450. The first kappa shape index (κ1) is 23.7. The van der Waals surface area contributed by atoms with Crippen LogP contribution in [0, 0.1) is 0 Å². The highest BCUT2D eigenvalue weighted by Crippen LogP contribution is 2.41. The van der Waals surface area contributed by atoms with E-state index in [1.54, 1.807) is 6.07 Å². The molecule has 0 bridgehead atoms. The Kier molecular flexibility index (Phi) is 6.03. The van der Waals surface area contributed by atoms with E-state index in [1.807, 2.05) is 38.2 Å². The summed E-state index contributed by atoms with van der Waals surface area (Å²) in [5.74, 6) is 0.697. The van der Waals surface area contributed by atoms with Crippen LogP contribution in [-0.2, 0) is 6.54 Å². The molecule has 4 aromatic rings. The highest BCUT2D eigenvalue weighted by Gasteiger charge is 2.25.